The zero-order valence-electron chi connectivity index (χ0n) is 11.5. The van der Waals surface area contributed by atoms with Gasteiger partial charge in [-0.05, 0) is 64.8 Å². The molecule has 1 rings (SSSR count). The Bertz CT molecular complexity index is 375. The Kier molecular flexibility index (Phi) is 6.30. The fourth-order valence-electron chi connectivity index (χ4n) is 2.29. The van der Waals surface area contributed by atoms with Gasteiger partial charge in [0.1, 0.15) is 5.82 Å². The molecule has 0 aliphatic carbocycles. The van der Waals surface area contributed by atoms with Gasteiger partial charge >= 0.3 is 0 Å². The molecule has 0 saturated heterocycles. The molecule has 0 spiro atoms. The van der Waals surface area contributed by atoms with E-state index < -0.39 is 0 Å². The predicted molar refractivity (Wildman–Crippen MR) is 79.4 cm³/mol. The monoisotopic (exact) mass is 315 g/mol. The molecule has 1 aromatic carbocycles. The van der Waals surface area contributed by atoms with E-state index in [-0.39, 0.29) is 11.2 Å². The molecule has 0 bridgehead atoms. The van der Waals surface area contributed by atoms with Crippen molar-refractivity contribution in [2.75, 3.05) is 13.1 Å². The van der Waals surface area contributed by atoms with E-state index in [1.165, 1.54) is 5.56 Å². The lowest BCUT2D eigenvalue weighted by atomic mass is 9.77. The summed E-state index contributed by atoms with van der Waals surface area (Å²) in [6, 6.07) is 5.34. The quantitative estimate of drug-likeness (QED) is 0.778. The van der Waals surface area contributed by atoms with Crippen LogP contribution in [0.3, 0.4) is 0 Å². The molecule has 18 heavy (non-hydrogen) atoms. The maximum Gasteiger partial charge on any atom is 0.137 e. The van der Waals surface area contributed by atoms with Crippen molar-refractivity contribution >= 4 is 15.9 Å². The highest BCUT2D eigenvalue weighted by Gasteiger charge is 2.26. The Morgan fingerprint density at radius 1 is 1.22 bits per heavy atom. The average molecular weight is 316 g/mol. The molecule has 0 radical (unpaired) electrons. The fourth-order valence-corrected chi connectivity index (χ4v) is 2.71. The van der Waals surface area contributed by atoms with Crippen LogP contribution in [0.2, 0.25) is 0 Å². The summed E-state index contributed by atoms with van der Waals surface area (Å²) in [7, 11) is 0. The second kappa shape index (κ2) is 7.25. The Labute approximate surface area is 118 Å². The summed E-state index contributed by atoms with van der Waals surface area (Å²) < 4.78 is 13.8. The van der Waals surface area contributed by atoms with Crippen LogP contribution in [0.25, 0.3) is 0 Å². The Morgan fingerprint density at radius 2 is 1.89 bits per heavy atom. The SMILES string of the molecule is CCNCC(CC)(CC)Cc1ccc(F)c(Br)c1. The molecule has 1 nitrogen and oxygen atoms in total. The van der Waals surface area contributed by atoms with Crippen LogP contribution >= 0.6 is 15.9 Å². The van der Waals surface area contributed by atoms with Crippen LogP contribution in [-0.2, 0) is 6.42 Å². The van der Waals surface area contributed by atoms with Crippen LogP contribution < -0.4 is 5.32 Å². The molecule has 0 amide bonds. The molecule has 0 aromatic heterocycles. The number of hydrogen-bond donors (Lipinski definition) is 1. The molecular weight excluding hydrogens is 293 g/mol. The topological polar surface area (TPSA) is 12.0 Å². The third kappa shape index (κ3) is 4.06. The van der Waals surface area contributed by atoms with Crippen molar-refractivity contribution in [1.82, 2.24) is 5.32 Å². The highest BCUT2D eigenvalue weighted by molar-refractivity contribution is 9.10. The van der Waals surface area contributed by atoms with Gasteiger partial charge < -0.3 is 5.32 Å². The lowest BCUT2D eigenvalue weighted by Gasteiger charge is -2.32. The van der Waals surface area contributed by atoms with E-state index in [1.807, 2.05) is 12.1 Å². The van der Waals surface area contributed by atoms with Crippen LogP contribution in [0, 0.1) is 11.2 Å². The second-order valence-electron chi connectivity index (χ2n) is 4.91. The molecule has 3 heteroatoms. The van der Waals surface area contributed by atoms with Crippen LogP contribution in [0.5, 0.6) is 0 Å². The van der Waals surface area contributed by atoms with Gasteiger partial charge in [-0.1, -0.05) is 26.8 Å². The van der Waals surface area contributed by atoms with Gasteiger partial charge in [0.25, 0.3) is 0 Å². The van der Waals surface area contributed by atoms with Crippen molar-refractivity contribution in [1.29, 1.82) is 0 Å². The fraction of sp³-hybridized carbons (Fsp3) is 0.600. The second-order valence-corrected chi connectivity index (χ2v) is 5.77. The van der Waals surface area contributed by atoms with Gasteiger partial charge in [0.15, 0.2) is 0 Å². The zero-order valence-corrected chi connectivity index (χ0v) is 13.1. The van der Waals surface area contributed by atoms with Crippen molar-refractivity contribution in [3.8, 4) is 0 Å². The Morgan fingerprint density at radius 3 is 2.39 bits per heavy atom. The first-order chi connectivity index (χ1) is 8.56. The van der Waals surface area contributed by atoms with E-state index in [4.69, 9.17) is 0 Å². The molecule has 0 atom stereocenters. The molecule has 1 aromatic rings. The molecule has 0 aliphatic rings. The first-order valence-corrected chi connectivity index (χ1v) is 7.51. The summed E-state index contributed by atoms with van der Waals surface area (Å²) in [4.78, 5) is 0. The van der Waals surface area contributed by atoms with Crippen molar-refractivity contribution in [3.05, 3.63) is 34.1 Å². The molecular formula is C15H23BrFN. The van der Waals surface area contributed by atoms with Crippen molar-refractivity contribution in [3.63, 3.8) is 0 Å². The number of halogens is 2. The van der Waals surface area contributed by atoms with Crippen molar-refractivity contribution < 1.29 is 4.39 Å². The highest BCUT2D eigenvalue weighted by Crippen LogP contribution is 2.31. The van der Waals surface area contributed by atoms with E-state index in [2.05, 4.69) is 42.0 Å². The third-order valence-electron chi connectivity index (χ3n) is 3.81. The van der Waals surface area contributed by atoms with Crippen LogP contribution in [0.15, 0.2) is 22.7 Å². The van der Waals surface area contributed by atoms with Crippen molar-refractivity contribution in [2.45, 2.75) is 40.0 Å². The average Bonchev–Trinajstić information content (AvgIpc) is 2.39. The summed E-state index contributed by atoms with van der Waals surface area (Å²) >= 11 is 3.26. The van der Waals surface area contributed by atoms with E-state index in [0.717, 1.165) is 32.4 Å². The Balaban J connectivity index is 2.84. The number of rotatable bonds is 7. The van der Waals surface area contributed by atoms with Gasteiger partial charge in [0.05, 0.1) is 4.47 Å². The maximum absolute atomic E-state index is 13.2. The van der Waals surface area contributed by atoms with E-state index in [9.17, 15) is 4.39 Å². The molecule has 0 aliphatic heterocycles. The highest BCUT2D eigenvalue weighted by atomic mass is 79.9. The predicted octanol–water partition coefficient (Wildman–Crippen LogP) is 4.55. The summed E-state index contributed by atoms with van der Waals surface area (Å²) in [5, 5.41) is 3.45. The number of benzene rings is 1. The lowest BCUT2D eigenvalue weighted by Crippen LogP contribution is -2.35. The smallest absolute Gasteiger partial charge is 0.137 e. The van der Waals surface area contributed by atoms with Gasteiger partial charge in [0, 0.05) is 6.54 Å². The summed E-state index contributed by atoms with van der Waals surface area (Å²) in [6.07, 6.45) is 3.25. The maximum atomic E-state index is 13.2. The van der Waals surface area contributed by atoms with Gasteiger partial charge in [-0.3, -0.25) is 0 Å². The molecule has 102 valence electrons. The van der Waals surface area contributed by atoms with Crippen LogP contribution in [0.1, 0.15) is 39.2 Å². The van der Waals surface area contributed by atoms with Crippen LogP contribution in [-0.4, -0.2) is 13.1 Å². The van der Waals surface area contributed by atoms with Gasteiger partial charge in [-0.25, -0.2) is 4.39 Å². The number of nitrogens with one attached hydrogen (secondary N) is 1. The van der Waals surface area contributed by atoms with E-state index >= 15 is 0 Å². The van der Waals surface area contributed by atoms with Gasteiger partial charge in [-0.2, -0.15) is 0 Å². The van der Waals surface area contributed by atoms with Gasteiger partial charge in [-0.15, -0.1) is 0 Å². The molecule has 0 heterocycles. The van der Waals surface area contributed by atoms with E-state index in [0.29, 0.717) is 4.47 Å². The van der Waals surface area contributed by atoms with Gasteiger partial charge in [0.2, 0.25) is 0 Å². The van der Waals surface area contributed by atoms with E-state index in [1.54, 1.807) is 6.07 Å². The summed E-state index contributed by atoms with van der Waals surface area (Å²) in [5.74, 6) is -0.191. The molecule has 1 N–H and O–H groups in total. The largest absolute Gasteiger partial charge is 0.316 e. The normalized spacial score (nSPS) is 11.8. The third-order valence-corrected chi connectivity index (χ3v) is 4.42. The molecule has 0 saturated carbocycles. The standard InChI is InChI=1S/C15H23BrFN/c1-4-15(5-2,11-18-6-3)10-12-7-8-14(17)13(16)9-12/h7-9,18H,4-6,10-11H2,1-3H3. The summed E-state index contributed by atoms with van der Waals surface area (Å²) in [5.41, 5.74) is 1.47. The minimum atomic E-state index is -0.191. The van der Waals surface area contributed by atoms with Crippen LogP contribution in [0.4, 0.5) is 4.39 Å². The number of hydrogen-bond acceptors (Lipinski definition) is 1. The molecule has 0 unspecified atom stereocenters. The lowest BCUT2D eigenvalue weighted by molar-refractivity contribution is 0.248. The first-order valence-electron chi connectivity index (χ1n) is 6.71. The first kappa shape index (κ1) is 15.6. The Hall–Kier alpha value is -0.410. The van der Waals surface area contributed by atoms with Crippen molar-refractivity contribution in [2.24, 2.45) is 5.41 Å². The minimum Gasteiger partial charge on any atom is -0.316 e. The summed E-state index contributed by atoms with van der Waals surface area (Å²) in [6.45, 7) is 8.61. The zero-order chi connectivity index (χ0) is 13.6. The molecule has 0 fully saturated rings. The minimum absolute atomic E-state index is 0.191.